The van der Waals surface area contributed by atoms with Crippen molar-refractivity contribution >= 4 is 12.6 Å². The summed E-state index contributed by atoms with van der Waals surface area (Å²) in [5.41, 5.74) is 0.645. The van der Waals surface area contributed by atoms with Crippen molar-refractivity contribution in [3.8, 4) is 0 Å². The molecule has 2 heterocycles. The zero-order valence-electron chi connectivity index (χ0n) is 10.1. The lowest BCUT2D eigenvalue weighted by molar-refractivity contribution is 0.0326. The van der Waals surface area contributed by atoms with E-state index in [1.807, 2.05) is 0 Å². The summed E-state index contributed by atoms with van der Waals surface area (Å²) in [7, 11) is 2.27. The van der Waals surface area contributed by atoms with E-state index in [9.17, 15) is 0 Å². The standard InChI is InChI=1S/C12H24N2S/c1-11(15)14-8-5-12(6-9-14)4-3-7-13(2)10-12/h11,15H,3-10H2,1-2H3. The van der Waals surface area contributed by atoms with E-state index >= 15 is 0 Å². The Balaban J connectivity index is 1.90. The van der Waals surface area contributed by atoms with Gasteiger partial charge in [0.15, 0.2) is 0 Å². The molecule has 0 amide bonds. The van der Waals surface area contributed by atoms with Crippen molar-refractivity contribution < 1.29 is 0 Å². The van der Waals surface area contributed by atoms with Gasteiger partial charge in [-0.1, -0.05) is 0 Å². The third-order valence-corrected chi connectivity index (χ3v) is 4.57. The Morgan fingerprint density at radius 2 is 1.80 bits per heavy atom. The Labute approximate surface area is 99.4 Å². The molecular weight excluding hydrogens is 204 g/mol. The van der Waals surface area contributed by atoms with Crippen molar-refractivity contribution in [1.82, 2.24) is 9.80 Å². The van der Waals surface area contributed by atoms with Gasteiger partial charge in [-0.05, 0) is 64.7 Å². The first-order valence-electron chi connectivity index (χ1n) is 6.22. The van der Waals surface area contributed by atoms with Crippen LogP contribution in [0.3, 0.4) is 0 Å². The van der Waals surface area contributed by atoms with Crippen molar-refractivity contribution in [2.24, 2.45) is 5.41 Å². The molecule has 1 spiro atoms. The highest BCUT2D eigenvalue weighted by atomic mass is 32.1. The molecule has 2 fully saturated rings. The van der Waals surface area contributed by atoms with Gasteiger partial charge in [-0.25, -0.2) is 0 Å². The third-order valence-electron chi connectivity index (χ3n) is 4.24. The minimum atomic E-state index is 0.434. The predicted molar refractivity (Wildman–Crippen MR) is 68.4 cm³/mol. The van der Waals surface area contributed by atoms with Crippen LogP contribution < -0.4 is 0 Å². The van der Waals surface area contributed by atoms with Crippen molar-refractivity contribution in [2.75, 3.05) is 33.2 Å². The molecule has 0 aromatic carbocycles. The Morgan fingerprint density at radius 3 is 2.33 bits per heavy atom. The second kappa shape index (κ2) is 4.64. The minimum Gasteiger partial charge on any atom is -0.306 e. The van der Waals surface area contributed by atoms with Gasteiger partial charge in [0, 0.05) is 11.9 Å². The molecule has 0 aliphatic carbocycles. The van der Waals surface area contributed by atoms with E-state index < -0.39 is 0 Å². The number of rotatable bonds is 1. The average Bonchev–Trinajstić information content (AvgIpc) is 2.18. The van der Waals surface area contributed by atoms with Crippen LogP contribution in [0.4, 0.5) is 0 Å². The van der Waals surface area contributed by atoms with E-state index in [0.717, 1.165) is 0 Å². The lowest BCUT2D eigenvalue weighted by atomic mass is 9.72. The second-order valence-electron chi connectivity index (χ2n) is 5.51. The minimum absolute atomic E-state index is 0.434. The summed E-state index contributed by atoms with van der Waals surface area (Å²) in [6.07, 6.45) is 5.60. The van der Waals surface area contributed by atoms with Gasteiger partial charge >= 0.3 is 0 Å². The summed E-state index contributed by atoms with van der Waals surface area (Å²) < 4.78 is 0. The lowest BCUT2D eigenvalue weighted by Gasteiger charge is -2.47. The van der Waals surface area contributed by atoms with Gasteiger partial charge in [0.1, 0.15) is 0 Å². The average molecular weight is 228 g/mol. The number of nitrogens with zero attached hydrogens (tertiary/aromatic N) is 2. The molecule has 0 bridgehead atoms. The maximum absolute atomic E-state index is 4.53. The van der Waals surface area contributed by atoms with Crippen LogP contribution in [-0.2, 0) is 0 Å². The molecule has 1 atom stereocenters. The largest absolute Gasteiger partial charge is 0.306 e. The maximum Gasteiger partial charge on any atom is 0.0499 e. The van der Waals surface area contributed by atoms with E-state index in [1.54, 1.807) is 0 Å². The summed E-state index contributed by atoms with van der Waals surface area (Å²) in [6.45, 7) is 7.31. The maximum atomic E-state index is 4.53. The Hall–Kier alpha value is 0.270. The van der Waals surface area contributed by atoms with Crippen LogP contribution in [0.25, 0.3) is 0 Å². The quantitative estimate of drug-likeness (QED) is 0.687. The Morgan fingerprint density at radius 1 is 1.13 bits per heavy atom. The molecule has 0 saturated carbocycles. The van der Waals surface area contributed by atoms with Crippen molar-refractivity contribution in [3.63, 3.8) is 0 Å². The molecule has 2 saturated heterocycles. The summed E-state index contributed by atoms with van der Waals surface area (Å²) in [5, 5.41) is 0.434. The van der Waals surface area contributed by atoms with Gasteiger partial charge in [0.25, 0.3) is 0 Å². The number of piperidine rings is 2. The fourth-order valence-corrected chi connectivity index (χ4v) is 3.47. The van der Waals surface area contributed by atoms with Gasteiger partial charge in [-0.3, -0.25) is 4.90 Å². The number of thiol groups is 1. The predicted octanol–water partition coefficient (Wildman–Crippen LogP) is 2.07. The molecule has 3 heteroatoms. The zero-order valence-corrected chi connectivity index (χ0v) is 11.0. The van der Waals surface area contributed by atoms with Crippen LogP contribution >= 0.6 is 12.6 Å². The SMILES string of the molecule is CC(S)N1CCC2(CCCN(C)C2)CC1. The Kier molecular flexibility index (Phi) is 3.63. The van der Waals surface area contributed by atoms with Crippen molar-refractivity contribution in [3.05, 3.63) is 0 Å². The molecule has 2 aliphatic heterocycles. The fraction of sp³-hybridized carbons (Fsp3) is 1.00. The van der Waals surface area contributed by atoms with E-state index in [4.69, 9.17) is 0 Å². The van der Waals surface area contributed by atoms with E-state index in [2.05, 4.69) is 36.4 Å². The van der Waals surface area contributed by atoms with Gasteiger partial charge < -0.3 is 4.90 Å². The summed E-state index contributed by atoms with van der Waals surface area (Å²) in [4.78, 5) is 5.02. The molecule has 1 unspecified atom stereocenters. The molecule has 88 valence electrons. The van der Waals surface area contributed by atoms with Crippen LogP contribution in [0.1, 0.15) is 32.6 Å². The summed E-state index contributed by atoms with van der Waals surface area (Å²) in [6, 6.07) is 0. The van der Waals surface area contributed by atoms with Crippen LogP contribution in [0.2, 0.25) is 0 Å². The molecule has 0 N–H and O–H groups in total. The van der Waals surface area contributed by atoms with Crippen molar-refractivity contribution in [2.45, 2.75) is 38.0 Å². The van der Waals surface area contributed by atoms with Gasteiger partial charge in [0.2, 0.25) is 0 Å². The smallest absolute Gasteiger partial charge is 0.0499 e. The molecule has 2 rings (SSSR count). The van der Waals surface area contributed by atoms with E-state index in [0.29, 0.717) is 10.8 Å². The molecule has 2 nitrogen and oxygen atoms in total. The highest BCUT2D eigenvalue weighted by molar-refractivity contribution is 7.80. The second-order valence-corrected chi connectivity index (χ2v) is 6.26. The summed E-state index contributed by atoms with van der Waals surface area (Å²) in [5.74, 6) is 0. The van der Waals surface area contributed by atoms with Crippen LogP contribution in [-0.4, -0.2) is 48.4 Å². The molecule has 0 aromatic rings. The normalized spacial score (nSPS) is 30.6. The van der Waals surface area contributed by atoms with Gasteiger partial charge in [0.05, 0.1) is 0 Å². The van der Waals surface area contributed by atoms with Gasteiger partial charge in [-0.2, -0.15) is 12.6 Å². The first-order valence-corrected chi connectivity index (χ1v) is 6.74. The van der Waals surface area contributed by atoms with Crippen LogP contribution in [0.15, 0.2) is 0 Å². The van der Waals surface area contributed by atoms with E-state index in [-0.39, 0.29) is 0 Å². The first kappa shape index (κ1) is 11.7. The monoisotopic (exact) mass is 228 g/mol. The molecule has 0 radical (unpaired) electrons. The lowest BCUT2D eigenvalue weighted by Crippen LogP contribution is -2.49. The number of likely N-dealkylation sites (tertiary alicyclic amines) is 2. The molecule has 15 heavy (non-hydrogen) atoms. The third kappa shape index (κ3) is 2.69. The number of hydrogen-bond donors (Lipinski definition) is 1. The highest BCUT2D eigenvalue weighted by Gasteiger charge is 2.37. The van der Waals surface area contributed by atoms with Crippen LogP contribution in [0.5, 0.6) is 0 Å². The first-order chi connectivity index (χ1) is 7.11. The van der Waals surface area contributed by atoms with Crippen LogP contribution in [0, 0.1) is 5.41 Å². The topological polar surface area (TPSA) is 6.48 Å². The van der Waals surface area contributed by atoms with E-state index in [1.165, 1.54) is 51.9 Å². The summed E-state index contributed by atoms with van der Waals surface area (Å²) >= 11 is 4.53. The number of hydrogen-bond acceptors (Lipinski definition) is 3. The Bertz CT molecular complexity index is 210. The zero-order chi connectivity index (χ0) is 10.9. The molecular formula is C12H24N2S. The molecule has 2 aliphatic rings. The molecule has 0 aromatic heterocycles. The highest BCUT2D eigenvalue weighted by Crippen LogP contribution is 2.39. The fourth-order valence-electron chi connectivity index (χ4n) is 3.23. The van der Waals surface area contributed by atoms with Crippen molar-refractivity contribution in [1.29, 1.82) is 0 Å². The van der Waals surface area contributed by atoms with Gasteiger partial charge in [-0.15, -0.1) is 0 Å².